The third kappa shape index (κ3) is 7.50. The number of aryl methyl sites for hydroxylation is 1. The van der Waals surface area contributed by atoms with Gasteiger partial charge in [-0.1, -0.05) is 55.2 Å². The molecule has 148 valence electrons. The molecule has 0 aliphatic heterocycles. The van der Waals surface area contributed by atoms with Crippen molar-refractivity contribution in [2.75, 3.05) is 6.54 Å². The summed E-state index contributed by atoms with van der Waals surface area (Å²) in [7, 11) is -3.64. The summed E-state index contributed by atoms with van der Waals surface area (Å²) < 4.78 is 30.0. The number of aromatic nitrogens is 2. The monoisotopic (exact) mass is 393 g/mol. The third-order valence-electron chi connectivity index (χ3n) is 4.06. The highest BCUT2D eigenvalue weighted by molar-refractivity contribution is 7.90. The van der Waals surface area contributed by atoms with Gasteiger partial charge in [-0.3, -0.25) is 4.79 Å². The predicted molar refractivity (Wildman–Crippen MR) is 102 cm³/mol. The van der Waals surface area contributed by atoms with Gasteiger partial charge in [-0.25, -0.2) is 8.42 Å². The smallest absolute Gasteiger partial charge is 0.335 e. The molecule has 0 radical (unpaired) electrons. The normalized spacial score (nSPS) is 11.4. The van der Waals surface area contributed by atoms with Gasteiger partial charge in [-0.05, 0) is 24.8 Å². The maximum absolute atomic E-state index is 12.3. The lowest BCUT2D eigenvalue weighted by molar-refractivity contribution is -0.121. The lowest BCUT2D eigenvalue weighted by Gasteiger charge is -2.04. The van der Waals surface area contributed by atoms with Crippen LogP contribution >= 0.6 is 0 Å². The maximum Gasteiger partial charge on any atom is 0.335 e. The Morgan fingerprint density at radius 1 is 1.07 bits per heavy atom. The van der Waals surface area contributed by atoms with Crippen LogP contribution in [0.4, 0.5) is 0 Å². The highest BCUT2D eigenvalue weighted by atomic mass is 32.2. The van der Waals surface area contributed by atoms with Crippen LogP contribution in [0.2, 0.25) is 0 Å². The molecule has 0 aliphatic rings. The first-order valence-electron chi connectivity index (χ1n) is 9.37. The van der Waals surface area contributed by atoms with Crippen molar-refractivity contribution in [3.05, 3.63) is 41.8 Å². The van der Waals surface area contributed by atoms with Crippen LogP contribution in [-0.4, -0.2) is 31.1 Å². The number of hydrogen-bond donors (Lipinski definition) is 1. The van der Waals surface area contributed by atoms with Gasteiger partial charge in [0.2, 0.25) is 21.6 Å². The summed E-state index contributed by atoms with van der Waals surface area (Å²) >= 11 is 0. The van der Waals surface area contributed by atoms with Crippen molar-refractivity contribution in [1.29, 1.82) is 0 Å². The molecular formula is C19H27N3O4S. The van der Waals surface area contributed by atoms with E-state index in [1.54, 1.807) is 24.3 Å². The molecule has 0 saturated heterocycles. The van der Waals surface area contributed by atoms with E-state index in [1.165, 1.54) is 0 Å². The van der Waals surface area contributed by atoms with Crippen molar-refractivity contribution in [2.45, 2.75) is 62.8 Å². The van der Waals surface area contributed by atoms with Gasteiger partial charge >= 0.3 is 5.22 Å². The number of carbonyl (C=O) groups excluding carboxylic acids is 1. The lowest BCUT2D eigenvalue weighted by atomic mass is 10.2. The number of carbonyl (C=O) groups is 1. The van der Waals surface area contributed by atoms with Crippen molar-refractivity contribution in [2.24, 2.45) is 0 Å². The standard InChI is InChI=1S/C19H27N3O4S/c1-2-3-12-17(23)20-14-9-5-8-13-18-21-22-19(26-18)27(24,25)15-16-10-6-4-7-11-16/h4,6-7,10-11H,2-3,5,8-9,12-15H2,1H3,(H,20,23). The molecule has 1 aromatic carbocycles. The number of sulfone groups is 1. The van der Waals surface area contributed by atoms with Crippen molar-refractivity contribution in [3.8, 4) is 0 Å². The second kappa shape index (κ2) is 10.8. The molecule has 0 fully saturated rings. The second-order valence-corrected chi connectivity index (χ2v) is 8.34. The number of amides is 1. The fraction of sp³-hybridized carbons (Fsp3) is 0.526. The molecular weight excluding hydrogens is 366 g/mol. The molecule has 7 nitrogen and oxygen atoms in total. The van der Waals surface area contributed by atoms with Crippen LogP contribution in [0.1, 0.15) is 56.9 Å². The average molecular weight is 394 g/mol. The minimum Gasteiger partial charge on any atom is -0.413 e. The molecule has 0 aliphatic carbocycles. The average Bonchev–Trinajstić information content (AvgIpc) is 3.13. The summed E-state index contributed by atoms with van der Waals surface area (Å²) in [6.07, 6.45) is 5.59. The van der Waals surface area contributed by atoms with Gasteiger partial charge in [0.05, 0.1) is 5.75 Å². The fourth-order valence-electron chi connectivity index (χ4n) is 2.55. The Morgan fingerprint density at radius 2 is 1.85 bits per heavy atom. The minimum absolute atomic E-state index is 0.0991. The number of unbranched alkanes of at least 4 members (excludes halogenated alkanes) is 3. The van der Waals surface area contributed by atoms with Crippen molar-refractivity contribution >= 4 is 15.7 Å². The van der Waals surface area contributed by atoms with Gasteiger partial charge in [0.1, 0.15) is 0 Å². The van der Waals surface area contributed by atoms with Crippen molar-refractivity contribution in [3.63, 3.8) is 0 Å². The fourth-order valence-corrected chi connectivity index (χ4v) is 3.69. The predicted octanol–water partition coefficient (Wildman–Crippen LogP) is 3.06. The molecule has 1 aromatic heterocycles. The number of nitrogens with one attached hydrogen (secondary N) is 1. The van der Waals surface area contributed by atoms with Gasteiger partial charge in [-0.15, -0.1) is 5.10 Å². The van der Waals surface area contributed by atoms with Gasteiger partial charge < -0.3 is 9.73 Å². The van der Waals surface area contributed by atoms with E-state index in [9.17, 15) is 13.2 Å². The van der Waals surface area contributed by atoms with E-state index < -0.39 is 9.84 Å². The molecule has 0 saturated carbocycles. The third-order valence-corrected chi connectivity index (χ3v) is 5.47. The number of hydrogen-bond acceptors (Lipinski definition) is 6. The van der Waals surface area contributed by atoms with Crippen LogP contribution in [0.3, 0.4) is 0 Å². The number of benzene rings is 1. The van der Waals surface area contributed by atoms with E-state index in [-0.39, 0.29) is 16.9 Å². The molecule has 0 unspecified atom stereocenters. The zero-order valence-electron chi connectivity index (χ0n) is 15.7. The molecule has 2 aromatic rings. The topological polar surface area (TPSA) is 102 Å². The van der Waals surface area contributed by atoms with Gasteiger partial charge in [0.15, 0.2) is 0 Å². The summed E-state index contributed by atoms with van der Waals surface area (Å²) in [5, 5.41) is 10.1. The van der Waals surface area contributed by atoms with E-state index >= 15 is 0 Å². The summed E-state index contributed by atoms with van der Waals surface area (Å²) in [4.78, 5) is 11.5. The van der Waals surface area contributed by atoms with Gasteiger partial charge in [-0.2, -0.15) is 0 Å². The Bertz CT molecular complexity index is 803. The first-order valence-corrected chi connectivity index (χ1v) is 11.0. The molecule has 0 atom stereocenters. The Balaban J connectivity index is 1.70. The minimum atomic E-state index is -3.64. The van der Waals surface area contributed by atoms with E-state index in [0.29, 0.717) is 30.8 Å². The molecule has 0 spiro atoms. The quantitative estimate of drug-likeness (QED) is 0.556. The molecule has 2 rings (SSSR count). The lowest BCUT2D eigenvalue weighted by Crippen LogP contribution is -2.23. The van der Waals surface area contributed by atoms with Crippen molar-refractivity contribution < 1.29 is 17.6 Å². The molecule has 1 heterocycles. The summed E-state index contributed by atoms with van der Waals surface area (Å²) in [5.41, 5.74) is 0.679. The zero-order chi connectivity index (χ0) is 19.5. The van der Waals surface area contributed by atoms with E-state index in [4.69, 9.17) is 4.42 Å². The van der Waals surface area contributed by atoms with Crippen LogP contribution in [-0.2, 0) is 26.8 Å². The number of rotatable bonds is 12. The van der Waals surface area contributed by atoms with Gasteiger partial charge in [0, 0.05) is 19.4 Å². The number of nitrogens with zero attached hydrogens (tertiary/aromatic N) is 2. The summed E-state index contributed by atoms with van der Waals surface area (Å²) in [6, 6.07) is 8.90. The largest absolute Gasteiger partial charge is 0.413 e. The Labute approximate surface area is 160 Å². The first kappa shape index (κ1) is 21.1. The highest BCUT2D eigenvalue weighted by Crippen LogP contribution is 2.16. The molecule has 1 N–H and O–H groups in total. The highest BCUT2D eigenvalue weighted by Gasteiger charge is 2.22. The molecule has 27 heavy (non-hydrogen) atoms. The van der Waals surface area contributed by atoms with Crippen LogP contribution in [0.5, 0.6) is 0 Å². The van der Waals surface area contributed by atoms with E-state index in [2.05, 4.69) is 22.4 Å². The van der Waals surface area contributed by atoms with Crippen LogP contribution in [0.15, 0.2) is 40.0 Å². The summed E-state index contributed by atoms with van der Waals surface area (Å²) in [6.45, 7) is 2.71. The molecule has 1 amide bonds. The zero-order valence-corrected chi connectivity index (χ0v) is 16.5. The Hall–Kier alpha value is -2.22. The molecule has 0 bridgehead atoms. The van der Waals surface area contributed by atoms with E-state index in [1.807, 2.05) is 6.07 Å². The van der Waals surface area contributed by atoms with Crippen molar-refractivity contribution in [1.82, 2.24) is 15.5 Å². The van der Waals surface area contributed by atoms with Crippen LogP contribution < -0.4 is 5.32 Å². The van der Waals surface area contributed by atoms with Crippen LogP contribution in [0, 0.1) is 0 Å². The Kier molecular flexibility index (Phi) is 8.44. The van der Waals surface area contributed by atoms with E-state index in [0.717, 1.165) is 32.1 Å². The first-order chi connectivity index (χ1) is 13.0. The SMILES string of the molecule is CCCCC(=O)NCCCCCc1nnc(S(=O)(=O)Cc2ccccc2)o1. The molecule has 8 heteroatoms. The van der Waals surface area contributed by atoms with Crippen LogP contribution in [0.25, 0.3) is 0 Å². The second-order valence-electron chi connectivity index (χ2n) is 6.47. The summed E-state index contributed by atoms with van der Waals surface area (Å²) in [5.74, 6) is 0.267. The van der Waals surface area contributed by atoms with Gasteiger partial charge in [0.25, 0.3) is 0 Å². The Morgan fingerprint density at radius 3 is 2.59 bits per heavy atom. The maximum atomic E-state index is 12.3.